The fourth-order valence-corrected chi connectivity index (χ4v) is 3.87. The Morgan fingerprint density at radius 2 is 2.33 bits per heavy atom. The molecular weight excluding hydrogens is 304 g/mol. The van der Waals surface area contributed by atoms with Gasteiger partial charge in [-0.1, -0.05) is 36.1 Å². The largest absolute Gasteiger partial charge is 0.363 e. The molecule has 21 heavy (non-hydrogen) atoms. The van der Waals surface area contributed by atoms with Crippen LogP contribution in [0.25, 0.3) is 0 Å². The molecule has 1 amide bonds. The van der Waals surface area contributed by atoms with Crippen LogP contribution in [0, 0.1) is 0 Å². The predicted molar refractivity (Wildman–Crippen MR) is 88.7 cm³/mol. The molecule has 0 fully saturated rings. The van der Waals surface area contributed by atoms with Gasteiger partial charge in [0.25, 0.3) is 0 Å². The fraction of sp³-hybridized carbons (Fsp3) is 0.643. The van der Waals surface area contributed by atoms with E-state index in [9.17, 15) is 4.79 Å². The molecule has 0 saturated carbocycles. The smallest absolute Gasteiger partial charge is 0.237 e. The quantitative estimate of drug-likeness (QED) is 0.779. The molecule has 1 heterocycles. The Bertz CT molecular complexity index is 501. The third-order valence-corrected chi connectivity index (χ3v) is 5.36. The number of allylic oxidation sites excluding steroid dienone is 2. The molecule has 1 aromatic rings. The SMILES string of the molecule is CCCN(C(=O)CSc1nnc(NC)s1)C1=CCCCC1. The molecule has 1 N–H and O–H groups in total. The van der Waals surface area contributed by atoms with Crippen molar-refractivity contribution in [3.05, 3.63) is 11.8 Å². The average Bonchev–Trinajstić information content (AvgIpc) is 2.99. The Morgan fingerprint density at radius 1 is 1.48 bits per heavy atom. The lowest BCUT2D eigenvalue weighted by atomic mass is 10.0. The number of hydrogen-bond donors (Lipinski definition) is 1. The number of hydrogen-bond acceptors (Lipinski definition) is 6. The molecule has 0 bridgehead atoms. The number of rotatable bonds is 7. The molecular formula is C14H22N4OS2. The van der Waals surface area contributed by atoms with Gasteiger partial charge in [0.15, 0.2) is 4.34 Å². The van der Waals surface area contributed by atoms with Gasteiger partial charge < -0.3 is 10.2 Å². The first-order valence-corrected chi connectivity index (χ1v) is 9.18. The molecule has 0 aromatic carbocycles. The van der Waals surface area contributed by atoms with Crippen molar-refractivity contribution in [1.29, 1.82) is 0 Å². The molecule has 1 aliphatic carbocycles. The van der Waals surface area contributed by atoms with Gasteiger partial charge in [-0.05, 0) is 32.1 Å². The second-order valence-electron chi connectivity index (χ2n) is 4.90. The number of carbonyl (C=O) groups excluding carboxylic acids is 1. The van der Waals surface area contributed by atoms with Crippen molar-refractivity contribution >= 4 is 34.1 Å². The zero-order valence-corrected chi connectivity index (χ0v) is 14.2. The van der Waals surface area contributed by atoms with Gasteiger partial charge in [0.05, 0.1) is 5.75 Å². The first kappa shape index (κ1) is 16.3. The highest BCUT2D eigenvalue weighted by molar-refractivity contribution is 8.01. The standard InChI is InChI=1S/C14H22N4OS2/c1-3-9-18(11-7-5-4-6-8-11)12(19)10-20-14-17-16-13(15-2)21-14/h7H,3-6,8-10H2,1-2H3,(H,15,16). The molecule has 0 spiro atoms. The number of carbonyl (C=O) groups is 1. The third kappa shape index (κ3) is 4.71. The van der Waals surface area contributed by atoms with E-state index in [2.05, 4.69) is 28.5 Å². The van der Waals surface area contributed by atoms with E-state index < -0.39 is 0 Å². The molecule has 1 aromatic heterocycles. The van der Waals surface area contributed by atoms with Crippen molar-refractivity contribution in [3.63, 3.8) is 0 Å². The maximum atomic E-state index is 12.5. The van der Waals surface area contributed by atoms with E-state index in [1.165, 1.54) is 41.6 Å². The molecule has 0 aliphatic heterocycles. The number of aromatic nitrogens is 2. The Morgan fingerprint density at radius 3 is 2.95 bits per heavy atom. The summed E-state index contributed by atoms with van der Waals surface area (Å²) >= 11 is 2.95. The van der Waals surface area contributed by atoms with Gasteiger partial charge in [-0.15, -0.1) is 10.2 Å². The first-order chi connectivity index (χ1) is 10.2. The summed E-state index contributed by atoms with van der Waals surface area (Å²) in [7, 11) is 1.82. The number of amides is 1. The summed E-state index contributed by atoms with van der Waals surface area (Å²) in [4.78, 5) is 14.5. The zero-order chi connectivity index (χ0) is 15.1. The van der Waals surface area contributed by atoms with E-state index in [0.29, 0.717) is 5.75 Å². The van der Waals surface area contributed by atoms with Crippen LogP contribution in [0.15, 0.2) is 16.1 Å². The Labute approximate surface area is 134 Å². The first-order valence-electron chi connectivity index (χ1n) is 7.38. The van der Waals surface area contributed by atoms with Crippen LogP contribution < -0.4 is 5.32 Å². The molecule has 5 nitrogen and oxygen atoms in total. The number of nitrogens with one attached hydrogen (secondary N) is 1. The lowest BCUT2D eigenvalue weighted by Crippen LogP contribution is -2.33. The fourth-order valence-electron chi connectivity index (χ4n) is 2.29. The van der Waals surface area contributed by atoms with E-state index in [4.69, 9.17) is 0 Å². The van der Waals surface area contributed by atoms with Crippen LogP contribution in [0.1, 0.15) is 39.0 Å². The lowest BCUT2D eigenvalue weighted by molar-refractivity contribution is -0.126. The Hall–Kier alpha value is -1.08. The van der Waals surface area contributed by atoms with Crippen LogP contribution >= 0.6 is 23.1 Å². The highest BCUT2D eigenvalue weighted by Crippen LogP contribution is 2.27. The number of nitrogens with zero attached hydrogens (tertiary/aromatic N) is 3. The van der Waals surface area contributed by atoms with Crippen molar-refractivity contribution in [2.24, 2.45) is 0 Å². The van der Waals surface area contributed by atoms with Crippen LogP contribution in [-0.4, -0.2) is 40.3 Å². The van der Waals surface area contributed by atoms with Crippen LogP contribution in [0.2, 0.25) is 0 Å². The van der Waals surface area contributed by atoms with Gasteiger partial charge in [0.1, 0.15) is 0 Å². The summed E-state index contributed by atoms with van der Waals surface area (Å²) in [5.74, 6) is 0.603. The summed E-state index contributed by atoms with van der Waals surface area (Å²) in [6, 6.07) is 0. The van der Waals surface area contributed by atoms with Crippen LogP contribution in [0.4, 0.5) is 5.13 Å². The predicted octanol–water partition coefficient (Wildman–Crippen LogP) is 3.37. The van der Waals surface area contributed by atoms with Gasteiger partial charge in [0, 0.05) is 19.3 Å². The lowest BCUT2D eigenvalue weighted by Gasteiger charge is -2.27. The number of thioether (sulfide) groups is 1. The van der Waals surface area contributed by atoms with Crippen LogP contribution in [0.3, 0.4) is 0 Å². The summed E-state index contributed by atoms with van der Waals surface area (Å²) in [5.41, 5.74) is 1.21. The Kier molecular flexibility index (Phi) is 6.50. The number of anilines is 1. The maximum Gasteiger partial charge on any atom is 0.237 e. The molecule has 1 aliphatic rings. The minimum atomic E-state index is 0.177. The third-order valence-electron chi connectivity index (χ3n) is 3.30. The van der Waals surface area contributed by atoms with Crippen LogP contribution in [0.5, 0.6) is 0 Å². The van der Waals surface area contributed by atoms with Crippen molar-refractivity contribution in [1.82, 2.24) is 15.1 Å². The molecule has 0 saturated heterocycles. The van der Waals surface area contributed by atoms with Crippen molar-refractivity contribution in [3.8, 4) is 0 Å². The topological polar surface area (TPSA) is 58.1 Å². The van der Waals surface area contributed by atoms with E-state index in [0.717, 1.165) is 35.3 Å². The van der Waals surface area contributed by atoms with E-state index in [1.54, 1.807) is 0 Å². The molecule has 2 rings (SSSR count). The van der Waals surface area contributed by atoms with E-state index >= 15 is 0 Å². The Balaban J connectivity index is 1.93. The second kappa shape index (κ2) is 8.38. The zero-order valence-electron chi connectivity index (χ0n) is 12.6. The van der Waals surface area contributed by atoms with Gasteiger partial charge in [-0.2, -0.15) is 0 Å². The van der Waals surface area contributed by atoms with Gasteiger partial charge in [-0.3, -0.25) is 4.79 Å². The molecule has 0 atom stereocenters. The molecule has 0 radical (unpaired) electrons. The second-order valence-corrected chi connectivity index (χ2v) is 7.10. The minimum Gasteiger partial charge on any atom is -0.363 e. The van der Waals surface area contributed by atoms with Gasteiger partial charge >= 0.3 is 0 Å². The summed E-state index contributed by atoms with van der Waals surface area (Å²) in [6.45, 7) is 2.92. The van der Waals surface area contributed by atoms with Crippen molar-refractivity contribution in [2.75, 3.05) is 24.7 Å². The summed E-state index contributed by atoms with van der Waals surface area (Å²) in [5, 5.41) is 11.8. The van der Waals surface area contributed by atoms with Crippen molar-refractivity contribution < 1.29 is 4.79 Å². The summed E-state index contributed by atoms with van der Waals surface area (Å²) in [6.07, 6.45) is 7.76. The highest BCUT2D eigenvalue weighted by atomic mass is 32.2. The maximum absolute atomic E-state index is 12.5. The molecule has 7 heteroatoms. The van der Waals surface area contributed by atoms with E-state index in [-0.39, 0.29) is 5.91 Å². The monoisotopic (exact) mass is 326 g/mol. The molecule has 116 valence electrons. The average molecular weight is 326 g/mol. The van der Waals surface area contributed by atoms with E-state index in [1.807, 2.05) is 11.9 Å². The summed E-state index contributed by atoms with van der Waals surface area (Å²) < 4.78 is 0.835. The van der Waals surface area contributed by atoms with Gasteiger partial charge in [0.2, 0.25) is 11.0 Å². The van der Waals surface area contributed by atoms with Gasteiger partial charge in [-0.25, -0.2) is 0 Å². The normalized spacial score (nSPS) is 14.7. The van der Waals surface area contributed by atoms with Crippen molar-refractivity contribution in [2.45, 2.75) is 43.4 Å². The molecule has 0 unspecified atom stereocenters. The minimum absolute atomic E-state index is 0.177. The highest BCUT2D eigenvalue weighted by Gasteiger charge is 2.19. The van der Waals surface area contributed by atoms with Crippen LogP contribution in [-0.2, 0) is 4.79 Å².